The zero-order valence-electron chi connectivity index (χ0n) is 19.2. The topological polar surface area (TPSA) is 63.4 Å². The lowest BCUT2D eigenvalue weighted by atomic mass is 9.94. The third kappa shape index (κ3) is 4.52. The molecule has 1 aromatic heterocycles. The van der Waals surface area contributed by atoms with Gasteiger partial charge in [-0.3, -0.25) is 4.90 Å². The predicted molar refractivity (Wildman–Crippen MR) is 137 cm³/mol. The Labute approximate surface area is 208 Å². The van der Waals surface area contributed by atoms with E-state index in [-0.39, 0.29) is 5.82 Å². The molecule has 1 atom stereocenters. The molecule has 6 nitrogen and oxygen atoms in total. The number of thiocarbonyl (C=S) groups is 1. The SMILES string of the molecule is CCOc1ccc(-c2noc(C3=C(C)N(c4ccccc4)C(=S)NC3c3ccc(F)cc3)n2)cc1. The molecule has 0 aliphatic carbocycles. The van der Waals surface area contributed by atoms with E-state index in [9.17, 15) is 4.39 Å². The van der Waals surface area contributed by atoms with Gasteiger partial charge in [-0.25, -0.2) is 4.39 Å². The highest BCUT2D eigenvalue weighted by atomic mass is 32.1. The van der Waals surface area contributed by atoms with Gasteiger partial charge in [0.05, 0.1) is 18.2 Å². The van der Waals surface area contributed by atoms with Gasteiger partial charge in [0.1, 0.15) is 11.6 Å². The fraction of sp³-hybridized carbons (Fsp3) is 0.148. The Balaban J connectivity index is 1.60. The Hall–Kier alpha value is -4.04. The molecular formula is C27H23FN4O2S. The van der Waals surface area contributed by atoms with Gasteiger partial charge in [-0.1, -0.05) is 35.5 Å². The number of aromatic nitrogens is 2. The highest BCUT2D eigenvalue weighted by Crippen LogP contribution is 2.39. The van der Waals surface area contributed by atoms with Crippen LogP contribution in [0.1, 0.15) is 31.3 Å². The molecule has 1 N–H and O–H groups in total. The van der Waals surface area contributed by atoms with Crippen LogP contribution >= 0.6 is 12.2 Å². The molecule has 1 unspecified atom stereocenters. The normalized spacial score (nSPS) is 15.8. The Kier molecular flexibility index (Phi) is 6.29. The van der Waals surface area contributed by atoms with Crippen LogP contribution in [-0.2, 0) is 0 Å². The minimum atomic E-state index is -0.392. The summed E-state index contributed by atoms with van der Waals surface area (Å²) in [6, 6.07) is 23.3. The molecule has 176 valence electrons. The number of anilines is 1. The number of nitrogens with one attached hydrogen (secondary N) is 1. The van der Waals surface area contributed by atoms with Crippen molar-refractivity contribution >= 4 is 28.6 Å². The van der Waals surface area contributed by atoms with Crippen molar-refractivity contribution in [3.63, 3.8) is 0 Å². The maximum Gasteiger partial charge on any atom is 0.258 e. The first-order valence-electron chi connectivity index (χ1n) is 11.2. The smallest absolute Gasteiger partial charge is 0.258 e. The first-order chi connectivity index (χ1) is 17.0. The summed E-state index contributed by atoms with van der Waals surface area (Å²) in [5.74, 6) is 1.28. The molecule has 8 heteroatoms. The second-order valence-electron chi connectivity index (χ2n) is 7.98. The monoisotopic (exact) mass is 486 g/mol. The third-order valence-electron chi connectivity index (χ3n) is 5.78. The highest BCUT2D eigenvalue weighted by Gasteiger charge is 2.34. The minimum absolute atomic E-state index is 0.309. The van der Waals surface area contributed by atoms with Crippen LogP contribution in [0.25, 0.3) is 17.0 Å². The van der Waals surface area contributed by atoms with E-state index in [4.69, 9.17) is 26.5 Å². The van der Waals surface area contributed by atoms with Crippen LogP contribution in [0.2, 0.25) is 0 Å². The van der Waals surface area contributed by atoms with E-state index in [1.807, 2.05) is 73.3 Å². The Morgan fingerprint density at radius 2 is 1.74 bits per heavy atom. The van der Waals surface area contributed by atoms with Gasteiger partial charge in [0, 0.05) is 16.9 Å². The molecule has 0 spiro atoms. The molecule has 0 bridgehead atoms. The maximum absolute atomic E-state index is 13.7. The lowest BCUT2D eigenvalue weighted by Crippen LogP contribution is -2.46. The number of halogens is 1. The molecule has 3 aromatic carbocycles. The summed E-state index contributed by atoms with van der Waals surface area (Å²) < 4.78 is 25.0. The van der Waals surface area contributed by atoms with Crippen molar-refractivity contribution in [3.8, 4) is 17.1 Å². The number of allylic oxidation sites excluding steroid dienone is 1. The van der Waals surface area contributed by atoms with Crippen LogP contribution in [0.5, 0.6) is 5.75 Å². The Morgan fingerprint density at radius 3 is 2.43 bits per heavy atom. The van der Waals surface area contributed by atoms with Crippen LogP contribution in [0, 0.1) is 5.82 Å². The summed E-state index contributed by atoms with van der Waals surface area (Å²) in [7, 11) is 0. The first kappa shape index (κ1) is 22.7. The summed E-state index contributed by atoms with van der Waals surface area (Å²) in [4.78, 5) is 6.65. The molecule has 0 saturated carbocycles. The molecule has 1 aliphatic heterocycles. The van der Waals surface area contributed by atoms with Gasteiger partial charge in [0.15, 0.2) is 5.11 Å². The van der Waals surface area contributed by atoms with Crippen LogP contribution in [0.4, 0.5) is 10.1 Å². The van der Waals surface area contributed by atoms with E-state index in [1.165, 1.54) is 12.1 Å². The van der Waals surface area contributed by atoms with Crippen LogP contribution in [-0.4, -0.2) is 21.9 Å². The van der Waals surface area contributed by atoms with E-state index in [0.717, 1.165) is 33.8 Å². The first-order valence-corrected chi connectivity index (χ1v) is 11.6. The van der Waals surface area contributed by atoms with Crippen molar-refractivity contribution in [2.45, 2.75) is 19.9 Å². The van der Waals surface area contributed by atoms with Gasteiger partial charge in [-0.15, -0.1) is 0 Å². The van der Waals surface area contributed by atoms with E-state index >= 15 is 0 Å². The molecule has 0 saturated heterocycles. The minimum Gasteiger partial charge on any atom is -0.494 e. The van der Waals surface area contributed by atoms with Crippen molar-refractivity contribution < 1.29 is 13.7 Å². The van der Waals surface area contributed by atoms with Gasteiger partial charge in [0.2, 0.25) is 5.82 Å². The molecule has 0 radical (unpaired) electrons. The van der Waals surface area contributed by atoms with Crippen molar-refractivity contribution in [3.05, 3.63) is 102 Å². The number of hydrogen-bond donors (Lipinski definition) is 1. The van der Waals surface area contributed by atoms with Gasteiger partial charge >= 0.3 is 0 Å². The van der Waals surface area contributed by atoms with Gasteiger partial charge in [0.25, 0.3) is 5.89 Å². The molecule has 2 heterocycles. The van der Waals surface area contributed by atoms with Crippen molar-refractivity contribution in [1.29, 1.82) is 0 Å². The predicted octanol–water partition coefficient (Wildman–Crippen LogP) is 6.14. The average molecular weight is 487 g/mol. The summed E-state index contributed by atoms with van der Waals surface area (Å²) in [5.41, 5.74) is 4.15. The number of benzene rings is 3. The van der Waals surface area contributed by atoms with Crippen molar-refractivity contribution in [2.24, 2.45) is 0 Å². The maximum atomic E-state index is 13.7. The second-order valence-corrected chi connectivity index (χ2v) is 8.37. The lowest BCUT2D eigenvalue weighted by molar-refractivity contribution is 0.340. The average Bonchev–Trinajstić information content (AvgIpc) is 3.35. The molecule has 0 fully saturated rings. The molecule has 5 rings (SSSR count). The standard InChI is InChI=1S/C27H23FN4O2S/c1-3-33-22-15-11-19(12-16-22)25-30-26(34-31-25)23-17(2)32(21-7-5-4-6-8-21)27(35)29-24(23)18-9-13-20(28)14-10-18/h4-16,24H,3H2,1-2H3,(H,29,35). The Morgan fingerprint density at radius 1 is 1.03 bits per heavy atom. The summed E-state index contributed by atoms with van der Waals surface area (Å²) >= 11 is 5.74. The van der Waals surface area contributed by atoms with Crippen LogP contribution in [0.3, 0.4) is 0 Å². The van der Waals surface area contributed by atoms with Crippen molar-refractivity contribution in [2.75, 3.05) is 11.5 Å². The third-order valence-corrected chi connectivity index (χ3v) is 6.08. The van der Waals surface area contributed by atoms with Crippen LogP contribution < -0.4 is 15.0 Å². The molecule has 0 amide bonds. The highest BCUT2D eigenvalue weighted by molar-refractivity contribution is 7.80. The fourth-order valence-electron chi connectivity index (χ4n) is 4.13. The number of rotatable bonds is 6. The summed E-state index contributed by atoms with van der Waals surface area (Å²) in [6.07, 6.45) is 0. The zero-order valence-corrected chi connectivity index (χ0v) is 20.1. The van der Waals surface area contributed by atoms with E-state index in [1.54, 1.807) is 12.1 Å². The quantitative estimate of drug-likeness (QED) is 0.328. The van der Waals surface area contributed by atoms with E-state index in [0.29, 0.717) is 23.4 Å². The van der Waals surface area contributed by atoms with E-state index < -0.39 is 6.04 Å². The number of para-hydroxylation sites is 1. The molecule has 4 aromatic rings. The van der Waals surface area contributed by atoms with Gasteiger partial charge in [-0.2, -0.15) is 4.98 Å². The number of nitrogens with zero attached hydrogens (tertiary/aromatic N) is 3. The Bertz CT molecular complexity index is 1370. The number of hydrogen-bond acceptors (Lipinski definition) is 5. The lowest BCUT2D eigenvalue weighted by Gasteiger charge is -2.37. The van der Waals surface area contributed by atoms with E-state index in [2.05, 4.69) is 10.5 Å². The number of ether oxygens (including phenoxy) is 1. The van der Waals surface area contributed by atoms with Crippen molar-refractivity contribution in [1.82, 2.24) is 15.5 Å². The fourth-order valence-corrected chi connectivity index (χ4v) is 4.49. The largest absolute Gasteiger partial charge is 0.494 e. The molecule has 35 heavy (non-hydrogen) atoms. The summed E-state index contributed by atoms with van der Waals surface area (Å²) in [5, 5.41) is 8.14. The molecular weight excluding hydrogens is 463 g/mol. The zero-order chi connectivity index (χ0) is 24.4. The van der Waals surface area contributed by atoms with Gasteiger partial charge < -0.3 is 14.6 Å². The van der Waals surface area contributed by atoms with Gasteiger partial charge in [-0.05, 0) is 80.2 Å². The summed E-state index contributed by atoms with van der Waals surface area (Å²) in [6.45, 7) is 4.50. The molecule has 1 aliphatic rings. The second kappa shape index (κ2) is 9.68. The van der Waals surface area contributed by atoms with Crippen LogP contribution in [0.15, 0.2) is 89.1 Å².